The predicted molar refractivity (Wildman–Crippen MR) is 92.7 cm³/mol. The first-order valence-electron chi connectivity index (χ1n) is 8.68. The minimum atomic E-state index is -1.17. The van der Waals surface area contributed by atoms with Crippen molar-refractivity contribution in [2.45, 2.75) is 51.7 Å². The number of para-hydroxylation sites is 1. The number of carbonyl (C=O) groups excluding carboxylic acids is 3. The number of rotatable bonds is 0. The van der Waals surface area contributed by atoms with Crippen molar-refractivity contribution in [3.8, 4) is 0 Å². The quantitative estimate of drug-likeness (QED) is 0.702. The molecule has 3 heterocycles. The van der Waals surface area contributed by atoms with Gasteiger partial charge in [-0.3, -0.25) is 24.6 Å². The number of nitrogens with zero attached hydrogens (tertiary/aromatic N) is 1. The molecule has 6 nitrogen and oxygen atoms in total. The highest BCUT2D eigenvalue weighted by Crippen LogP contribution is 2.54. The summed E-state index contributed by atoms with van der Waals surface area (Å²) in [6.45, 7) is 9.35. The van der Waals surface area contributed by atoms with Gasteiger partial charge in [0.15, 0.2) is 0 Å². The molecule has 1 aromatic carbocycles. The van der Waals surface area contributed by atoms with E-state index in [0.717, 1.165) is 16.8 Å². The van der Waals surface area contributed by atoms with Gasteiger partial charge in [-0.15, -0.1) is 0 Å². The minimum absolute atomic E-state index is 0.187. The van der Waals surface area contributed by atoms with Crippen LogP contribution in [0.5, 0.6) is 0 Å². The number of aryl methyl sites for hydroxylation is 1. The number of fused-ring (bicyclic) bond motifs is 4. The number of carbonyl (C=O) groups is 3. The Morgan fingerprint density at radius 3 is 2.44 bits per heavy atom. The molecule has 6 heteroatoms. The van der Waals surface area contributed by atoms with Crippen molar-refractivity contribution < 1.29 is 14.4 Å². The Morgan fingerprint density at radius 1 is 1.12 bits per heavy atom. The van der Waals surface area contributed by atoms with Crippen LogP contribution in [0.2, 0.25) is 0 Å². The second-order valence-electron chi connectivity index (χ2n) is 8.38. The van der Waals surface area contributed by atoms with Crippen LogP contribution in [0.3, 0.4) is 0 Å². The Kier molecular flexibility index (Phi) is 3.06. The van der Waals surface area contributed by atoms with Gasteiger partial charge in [-0.1, -0.05) is 18.2 Å². The molecule has 0 unspecified atom stereocenters. The van der Waals surface area contributed by atoms with E-state index in [1.54, 1.807) is 0 Å². The van der Waals surface area contributed by atoms with Gasteiger partial charge in [0.25, 0.3) is 0 Å². The van der Waals surface area contributed by atoms with Gasteiger partial charge in [-0.05, 0) is 40.2 Å². The molecule has 0 aromatic heterocycles. The Bertz CT molecular complexity index is 826. The topological polar surface area (TPSA) is 78.5 Å². The van der Waals surface area contributed by atoms with Crippen molar-refractivity contribution in [3.63, 3.8) is 0 Å². The highest BCUT2D eigenvalue weighted by Gasteiger charge is 2.70. The zero-order chi connectivity index (χ0) is 18.3. The molecule has 2 fully saturated rings. The number of nitrogens with one attached hydrogen (secondary N) is 2. The first-order valence-corrected chi connectivity index (χ1v) is 8.68. The summed E-state index contributed by atoms with van der Waals surface area (Å²) in [4.78, 5) is 40.7. The van der Waals surface area contributed by atoms with Crippen LogP contribution in [0.1, 0.15) is 38.8 Å². The standard InChI is InChI=1S/C19H23N3O3/c1-9-7-6-8-11-14(9)20-17(25)19(11)13-12(10(2)21-19)15(23)22(16(13)24)18(3,4)5/h6-8,10,12-13,21H,1-5H3,(H,20,25)/t10-,12+,13-,19-/m1/s1. The van der Waals surface area contributed by atoms with Gasteiger partial charge in [0.05, 0.1) is 11.8 Å². The van der Waals surface area contributed by atoms with Crippen molar-refractivity contribution in [1.82, 2.24) is 10.2 Å². The van der Waals surface area contributed by atoms with Crippen LogP contribution in [-0.4, -0.2) is 34.2 Å². The third kappa shape index (κ3) is 1.80. The number of anilines is 1. The maximum Gasteiger partial charge on any atom is 0.250 e. The van der Waals surface area contributed by atoms with Gasteiger partial charge in [0, 0.05) is 22.8 Å². The summed E-state index contributed by atoms with van der Waals surface area (Å²) in [5.74, 6) is -1.92. The molecule has 132 valence electrons. The van der Waals surface area contributed by atoms with Gasteiger partial charge in [0.1, 0.15) is 5.54 Å². The molecule has 1 spiro atoms. The van der Waals surface area contributed by atoms with E-state index < -0.39 is 22.9 Å². The fourth-order valence-corrected chi connectivity index (χ4v) is 4.80. The van der Waals surface area contributed by atoms with Crippen LogP contribution in [0, 0.1) is 18.8 Å². The second kappa shape index (κ2) is 4.69. The molecule has 1 aromatic rings. The molecule has 3 aliphatic rings. The van der Waals surface area contributed by atoms with E-state index in [-0.39, 0.29) is 23.8 Å². The normalized spacial score (nSPS) is 33.9. The minimum Gasteiger partial charge on any atom is -0.324 e. The van der Waals surface area contributed by atoms with Crippen LogP contribution in [-0.2, 0) is 19.9 Å². The van der Waals surface area contributed by atoms with Crippen molar-refractivity contribution in [2.75, 3.05) is 5.32 Å². The van der Waals surface area contributed by atoms with E-state index in [2.05, 4.69) is 10.6 Å². The summed E-state index contributed by atoms with van der Waals surface area (Å²) in [7, 11) is 0. The molecule has 3 amide bonds. The number of hydrogen-bond acceptors (Lipinski definition) is 4. The van der Waals surface area contributed by atoms with Crippen LogP contribution < -0.4 is 10.6 Å². The fraction of sp³-hybridized carbons (Fsp3) is 0.526. The monoisotopic (exact) mass is 341 g/mol. The Balaban J connectivity index is 1.93. The predicted octanol–water partition coefficient (Wildman–Crippen LogP) is 1.53. The summed E-state index contributed by atoms with van der Waals surface area (Å²) in [5, 5.41) is 6.25. The van der Waals surface area contributed by atoms with E-state index in [9.17, 15) is 14.4 Å². The van der Waals surface area contributed by atoms with Crippen LogP contribution >= 0.6 is 0 Å². The summed E-state index contributed by atoms with van der Waals surface area (Å²) in [6, 6.07) is 5.43. The lowest BCUT2D eigenvalue weighted by molar-refractivity contribution is -0.147. The third-order valence-corrected chi connectivity index (χ3v) is 5.78. The summed E-state index contributed by atoms with van der Waals surface area (Å²) in [5.41, 5.74) is 0.698. The lowest BCUT2D eigenvalue weighted by atomic mass is 9.76. The van der Waals surface area contributed by atoms with Crippen LogP contribution in [0.25, 0.3) is 0 Å². The average Bonchev–Trinajstić information content (AvgIpc) is 3.05. The zero-order valence-electron chi connectivity index (χ0n) is 15.1. The summed E-state index contributed by atoms with van der Waals surface area (Å²) >= 11 is 0. The zero-order valence-corrected chi connectivity index (χ0v) is 15.1. The molecule has 0 saturated carbocycles. The van der Waals surface area contributed by atoms with E-state index in [0.29, 0.717) is 0 Å². The van der Waals surface area contributed by atoms with Gasteiger partial charge < -0.3 is 5.32 Å². The number of benzene rings is 1. The first kappa shape index (κ1) is 16.3. The first-order chi connectivity index (χ1) is 11.6. The number of imide groups is 1. The van der Waals surface area contributed by atoms with Crippen molar-refractivity contribution in [3.05, 3.63) is 29.3 Å². The van der Waals surface area contributed by atoms with Crippen molar-refractivity contribution in [1.29, 1.82) is 0 Å². The fourth-order valence-electron chi connectivity index (χ4n) is 4.80. The molecule has 2 saturated heterocycles. The molecule has 3 aliphatic heterocycles. The molecular weight excluding hydrogens is 318 g/mol. The average molecular weight is 341 g/mol. The Hall–Kier alpha value is -2.21. The number of likely N-dealkylation sites (tertiary alicyclic amines) is 1. The Morgan fingerprint density at radius 2 is 1.80 bits per heavy atom. The largest absolute Gasteiger partial charge is 0.324 e. The summed E-state index contributed by atoms with van der Waals surface area (Å²) in [6.07, 6.45) is 0. The third-order valence-electron chi connectivity index (χ3n) is 5.78. The molecule has 4 rings (SSSR count). The molecular formula is C19H23N3O3. The molecule has 0 radical (unpaired) electrons. The highest BCUT2D eigenvalue weighted by molar-refractivity contribution is 6.15. The lowest BCUT2D eigenvalue weighted by Crippen LogP contribution is -2.55. The van der Waals surface area contributed by atoms with E-state index >= 15 is 0 Å². The molecule has 2 N–H and O–H groups in total. The van der Waals surface area contributed by atoms with Crippen LogP contribution in [0.15, 0.2) is 18.2 Å². The number of amides is 3. The van der Waals surface area contributed by atoms with Gasteiger partial charge in [0.2, 0.25) is 17.7 Å². The highest BCUT2D eigenvalue weighted by atomic mass is 16.2. The molecule has 4 atom stereocenters. The smallest absolute Gasteiger partial charge is 0.250 e. The van der Waals surface area contributed by atoms with Gasteiger partial charge in [-0.2, -0.15) is 0 Å². The maximum absolute atomic E-state index is 13.3. The van der Waals surface area contributed by atoms with E-state index in [4.69, 9.17) is 0 Å². The SMILES string of the molecule is Cc1cccc2c1NC(=O)[C@@]21N[C@H](C)[C@@H]2C(=O)N(C(C)(C)C)C(=O)[C@@H]21. The number of hydrogen-bond donors (Lipinski definition) is 2. The van der Waals surface area contributed by atoms with Gasteiger partial charge in [-0.25, -0.2) is 0 Å². The summed E-state index contributed by atoms with van der Waals surface area (Å²) < 4.78 is 0. The van der Waals surface area contributed by atoms with E-state index in [1.807, 2.05) is 52.8 Å². The maximum atomic E-state index is 13.3. The molecule has 0 bridgehead atoms. The second-order valence-corrected chi connectivity index (χ2v) is 8.38. The lowest BCUT2D eigenvalue weighted by Gasteiger charge is -2.34. The van der Waals surface area contributed by atoms with Crippen molar-refractivity contribution in [2.24, 2.45) is 11.8 Å². The van der Waals surface area contributed by atoms with Gasteiger partial charge >= 0.3 is 0 Å². The van der Waals surface area contributed by atoms with E-state index in [1.165, 1.54) is 4.90 Å². The molecule has 25 heavy (non-hydrogen) atoms. The van der Waals surface area contributed by atoms with Crippen LogP contribution in [0.4, 0.5) is 5.69 Å². The van der Waals surface area contributed by atoms with Crippen molar-refractivity contribution >= 4 is 23.4 Å². The Labute approximate surface area is 147 Å². The molecule has 0 aliphatic carbocycles.